The second-order valence-electron chi connectivity index (χ2n) is 7.17. The summed E-state index contributed by atoms with van der Waals surface area (Å²) in [6.07, 6.45) is 1.94. The van der Waals surface area contributed by atoms with Gasteiger partial charge in [0.15, 0.2) is 11.5 Å². The van der Waals surface area contributed by atoms with Crippen molar-refractivity contribution in [1.29, 1.82) is 0 Å². The second kappa shape index (κ2) is 8.43. The highest BCUT2D eigenvalue weighted by Crippen LogP contribution is 2.30. The van der Waals surface area contributed by atoms with Crippen LogP contribution in [0.15, 0.2) is 29.1 Å². The summed E-state index contributed by atoms with van der Waals surface area (Å²) < 4.78 is 5.47. The largest absolute Gasteiger partial charge is 0.504 e. The molecule has 1 fully saturated rings. The third kappa shape index (κ3) is 4.80. The first-order chi connectivity index (χ1) is 13.0. The second-order valence-corrected chi connectivity index (χ2v) is 7.17. The molecule has 0 bridgehead atoms. The lowest BCUT2D eigenvalue weighted by Gasteiger charge is -2.32. The molecule has 2 heterocycles. The summed E-state index contributed by atoms with van der Waals surface area (Å²) in [5.41, 5.74) is 1.91. The van der Waals surface area contributed by atoms with Crippen LogP contribution in [0.4, 0.5) is 5.95 Å². The number of phenolic OH excluding ortho intramolecular Hbond substituents is 1. The van der Waals surface area contributed by atoms with Crippen molar-refractivity contribution < 1.29 is 9.84 Å². The molecular weight excluding hydrogens is 344 g/mol. The number of piperidine rings is 1. The molecule has 0 aliphatic carbocycles. The Balaban J connectivity index is 1.63. The molecule has 0 spiro atoms. The molecule has 2 aromatic rings. The van der Waals surface area contributed by atoms with Crippen molar-refractivity contribution in [2.45, 2.75) is 32.2 Å². The molecule has 0 atom stereocenters. The Morgan fingerprint density at radius 2 is 2.04 bits per heavy atom. The first-order valence-electron chi connectivity index (χ1n) is 9.42. The first-order valence-corrected chi connectivity index (χ1v) is 9.42. The SMILES string of the molecule is CCOc1cc(CN2CCC(c3cc(=O)[nH]c(N(C)C)n3)CC2)ccc1O. The highest BCUT2D eigenvalue weighted by molar-refractivity contribution is 5.41. The van der Waals surface area contributed by atoms with Gasteiger partial charge in [0.25, 0.3) is 5.56 Å². The summed E-state index contributed by atoms with van der Waals surface area (Å²) >= 11 is 0. The molecular formula is C20H28N4O3. The van der Waals surface area contributed by atoms with Gasteiger partial charge in [0.05, 0.1) is 12.3 Å². The molecule has 1 aromatic carbocycles. The fourth-order valence-corrected chi connectivity index (χ4v) is 3.46. The molecule has 1 aromatic heterocycles. The monoisotopic (exact) mass is 372 g/mol. The summed E-state index contributed by atoms with van der Waals surface area (Å²) in [4.78, 5) is 23.5. The average Bonchev–Trinajstić information content (AvgIpc) is 2.65. The van der Waals surface area contributed by atoms with Crippen molar-refractivity contribution in [2.24, 2.45) is 0 Å². The van der Waals surface area contributed by atoms with Crippen molar-refractivity contribution in [3.8, 4) is 11.5 Å². The van der Waals surface area contributed by atoms with Crippen molar-refractivity contribution in [3.05, 3.63) is 45.9 Å². The maximum atomic E-state index is 11.9. The van der Waals surface area contributed by atoms with Gasteiger partial charge in [-0.05, 0) is 50.6 Å². The lowest BCUT2D eigenvalue weighted by atomic mass is 9.93. The minimum Gasteiger partial charge on any atom is -0.504 e. The zero-order valence-corrected chi connectivity index (χ0v) is 16.2. The van der Waals surface area contributed by atoms with Gasteiger partial charge in [-0.25, -0.2) is 4.98 Å². The number of phenols is 1. The predicted molar refractivity (Wildman–Crippen MR) is 106 cm³/mol. The van der Waals surface area contributed by atoms with E-state index in [0.717, 1.165) is 43.7 Å². The van der Waals surface area contributed by atoms with Gasteiger partial charge in [0, 0.05) is 32.6 Å². The standard InChI is InChI=1S/C20H28N4O3/c1-4-27-18-11-14(5-6-17(18)25)13-24-9-7-15(8-10-24)16-12-19(26)22-20(21-16)23(2)3/h5-6,11-12,15,25H,4,7-10,13H2,1-3H3,(H,21,22,26). The number of hydrogen-bond acceptors (Lipinski definition) is 6. The van der Waals surface area contributed by atoms with Crippen LogP contribution in [0.2, 0.25) is 0 Å². The fourth-order valence-electron chi connectivity index (χ4n) is 3.46. The van der Waals surface area contributed by atoms with Crippen LogP contribution < -0.4 is 15.2 Å². The van der Waals surface area contributed by atoms with E-state index in [2.05, 4.69) is 14.9 Å². The number of nitrogens with zero attached hydrogens (tertiary/aromatic N) is 3. The van der Waals surface area contributed by atoms with Gasteiger partial charge < -0.3 is 14.7 Å². The van der Waals surface area contributed by atoms with E-state index in [-0.39, 0.29) is 11.3 Å². The Kier molecular flexibility index (Phi) is 6.01. The maximum absolute atomic E-state index is 11.9. The molecule has 7 heteroatoms. The molecule has 1 saturated heterocycles. The molecule has 0 unspecified atom stereocenters. The number of ether oxygens (including phenoxy) is 1. The van der Waals surface area contributed by atoms with Gasteiger partial charge in [-0.2, -0.15) is 0 Å². The molecule has 2 N–H and O–H groups in total. The van der Waals surface area contributed by atoms with Crippen LogP contribution in [0, 0.1) is 0 Å². The van der Waals surface area contributed by atoms with E-state index in [4.69, 9.17) is 4.74 Å². The van der Waals surface area contributed by atoms with Crippen LogP contribution in [0.1, 0.15) is 36.9 Å². The van der Waals surface area contributed by atoms with E-state index in [1.165, 1.54) is 0 Å². The Labute approximate surface area is 159 Å². The number of aromatic hydroxyl groups is 1. The number of likely N-dealkylation sites (tertiary alicyclic amines) is 1. The van der Waals surface area contributed by atoms with Gasteiger partial charge in [0.1, 0.15) is 0 Å². The van der Waals surface area contributed by atoms with E-state index >= 15 is 0 Å². The van der Waals surface area contributed by atoms with Gasteiger partial charge in [-0.15, -0.1) is 0 Å². The summed E-state index contributed by atoms with van der Waals surface area (Å²) in [5, 5.41) is 9.84. The third-order valence-electron chi connectivity index (χ3n) is 4.91. The number of H-pyrrole nitrogens is 1. The smallest absolute Gasteiger partial charge is 0.252 e. The van der Waals surface area contributed by atoms with Crippen LogP contribution >= 0.6 is 0 Å². The number of anilines is 1. The predicted octanol–water partition coefficient (Wildman–Crippen LogP) is 2.32. The summed E-state index contributed by atoms with van der Waals surface area (Å²) in [5.74, 6) is 1.62. The Morgan fingerprint density at radius 3 is 2.70 bits per heavy atom. The number of benzene rings is 1. The number of rotatable bonds is 6. The van der Waals surface area contributed by atoms with Gasteiger partial charge >= 0.3 is 0 Å². The lowest BCUT2D eigenvalue weighted by molar-refractivity contribution is 0.203. The van der Waals surface area contributed by atoms with E-state index in [0.29, 0.717) is 24.2 Å². The van der Waals surface area contributed by atoms with Crippen LogP contribution in [0.3, 0.4) is 0 Å². The number of aromatic amines is 1. The first kappa shape index (κ1) is 19.2. The minimum atomic E-state index is -0.0984. The average molecular weight is 372 g/mol. The molecule has 0 saturated carbocycles. The molecule has 146 valence electrons. The van der Waals surface area contributed by atoms with Crippen LogP contribution in [-0.4, -0.2) is 53.8 Å². The Bertz CT molecular complexity index is 826. The topological polar surface area (TPSA) is 81.7 Å². The van der Waals surface area contributed by atoms with Crippen LogP contribution in [0.25, 0.3) is 0 Å². The number of nitrogens with one attached hydrogen (secondary N) is 1. The zero-order valence-electron chi connectivity index (χ0n) is 16.2. The van der Waals surface area contributed by atoms with E-state index in [9.17, 15) is 9.90 Å². The van der Waals surface area contributed by atoms with Crippen molar-refractivity contribution in [1.82, 2.24) is 14.9 Å². The number of aromatic nitrogens is 2. The van der Waals surface area contributed by atoms with Gasteiger partial charge in [-0.3, -0.25) is 14.7 Å². The van der Waals surface area contributed by atoms with Crippen molar-refractivity contribution >= 4 is 5.95 Å². The summed E-state index contributed by atoms with van der Waals surface area (Å²) in [6.45, 7) is 5.14. The normalized spacial score (nSPS) is 15.7. The molecule has 1 aliphatic heterocycles. The minimum absolute atomic E-state index is 0.0984. The van der Waals surface area contributed by atoms with Crippen molar-refractivity contribution in [3.63, 3.8) is 0 Å². The molecule has 0 radical (unpaired) electrons. The van der Waals surface area contributed by atoms with Gasteiger partial charge in [0.2, 0.25) is 5.95 Å². The highest BCUT2D eigenvalue weighted by Gasteiger charge is 2.23. The number of hydrogen-bond donors (Lipinski definition) is 2. The summed E-state index contributed by atoms with van der Waals surface area (Å²) in [7, 11) is 3.75. The van der Waals surface area contributed by atoms with E-state index in [1.54, 1.807) is 12.1 Å². The Hall–Kier alpha value is -2.54. The molecule has 1 aliphatic rings. The molecule has 27 heavy (non-hydrogen) atoms. The summed E-state index contributed by atoms with van der Waals surface area (Å²) in [6, 6.07) is 7.16. The maximum Gasteiger partial charge on any atom is 0.252 e. The Morgan fingerprint density at radius 1 is 1.30 bits per heavy atom. The quantitative estimate of drug-likeness (QED) is 0.810. The molecule has 0 amide bonds. The molecule has 7 nitrogen and oxygen atoms in total. The lowest BCUT2D eigenvalue weighted by Crippen LogP contribution is -2.33. The fraction of sp³-hybridized carbons (Fsp3) is 0.500. The van der Waals surface area contributed by atoms with E-state index < -0.39 is 0 Å². The highest BCUT2D eigenvalue weighted by atomic mass is 16.5. The zero-order chi connectivity index (χ0) is 19.4. The van der Waals surface area contributed by atoms with Crippen molar-refractivity contribution in [2.75, 3.05) is 38.7 Å². The van der Waals surface area contributed by atoms with Crippen LogP contribution in [-0.2, 0) is 6.54 Å². The third-order valence-corrected chi connectivity index (χ3v) is 4.91. The molecule has 3 rings (SSSR count). The van der Waals surface area contributed by atoms with Crippen LogP contribution in [0.5, 0.6) is 11.5 Å². The van der Waals surface area contributed by atoms with Gasteiger partial charge in [-0.1, -0.05) is 6.07 Å². The van der Waals surface area contributed by atoms with E-state index in [1.807, 2.05) is 38.1 Å².